The van der Waals surface area contributed by atoms with E-state index in [1.54, 1.807) is 6.08 Å². The smallest absolute Gasteiger partial charge is 0.126 e. The highest BCUT2D eigenvalue weighted by Gasteiger charge is 2.00. The van der Waals surface area contributed by atoms with Crippen molar-refractivity contribution in [1.82, 2.24) is 0 Å². The minimum Gasteiger partial charge on any atom is -0.489 e. The van der Waals surface area contributed by atoms with Crippen molar-refractivity contribution in [3.05, 3.63) is 48.1 Å². The third-order valence-electron chi connectivity index (χ3n) is 2.29. The standard InChI is InChI=1S/C14H18O2/c1-3-9-16-14-8-6-5-7-13(14)10-12(4-2)11-15/h3,5-8,10,15H,1,4,9,11H2,2H3. The van der Waals surface area contributed by atoms with Gasteiger partial charge >= 0.3 is 0 Å². The number of ether oxygens (including phenoxy) is 1. The van der Waals surface area contributed by atoms with Crippen LogP contribution in [0.1, 0.15) is 18.9 Å². The number of benzene rings is 1. The van der Waals surface area contributed by atoms with Gasteiger partial charge in [-0.05, 0) is 24.1 Å². The molecule has 0 aliphatic rings. The van der Waals surface area contributed by atoms with Crippen LogP contribution >= 0.6 is 0 Å². The Balaban J connectivity index is 2.93. The Hall–Kier alpha value is -1.54. The van der Waals surface area contributed by atoms with Crippen LogP contribution in [0.5, 0.6) is 5.75 Å². The Morgan fingerprint density at radius 3 is 2.81 bits per heavy atom. The highest BCUT2D eigenvalue weighted by molar-refractivity contribution is 5.59. The molecule has 0 spiro atoms. The number of aliphatic hydroxyl groups excluding tert-OH is 1. The summed E-state index contributed by atoms with van der Waals surface area (Å²) < 4.78 is 5.53. The molecule has 2 heteroatoms. The molecule has 1 aromatic carbocycles. The molecule has 0 aliphatic heterocycles. The van der Waals surface area contributed by atoms with E-state index in [2.05, 4.69) is 6.58 Å². The van der Waals surface area contributed by atoms with Gasteiger partial charge in [-0.1, -0.05) is 37.8 Å². The summed E-state index contributed by atoms with van der Waals surface area (Å²) in [5.74, 6) is 0.821. The van der Waals surface area contributed by atoms with Gasteiger partial charge < -0.3 is 9.84 Å². The first kappa shape index (κ1) is 12.5. The van der Waals surface area contributed by atoms with Crippen molar-refractivity contribution in [1.29, 1.82) is 0 Å². The number of rotatable bonds is 6. The highest BCUT2D eigenvalue weighted by Crippen LogP contribution is 2.21. The SMILES string of the molecule is C=CCOc1ccccc1C=C(CC)CO. The van der Waals surface area contributed by atoms with Gasteiger partial charge in [0.05, 0.1) is 6.61 Å². The fourth-order valence-electron chi connectivity index (χ4n) is 1.36. The fraction of sp³-hybridized carbons (Fsp3) is 0.286. The Morgan fingerprint density at radius 2 is 2.19 bits per heavy atom. The average Bonchev–Trinajstić information content (AvgIpc) is 2.34. The van der Waals surface area contributed by atoms with E-state index in [4.69, 9.17) is 9.84 Å². The van der Waals surface area contributed by atoms with Gasteiger partial charge in [-0.2, -0.15) is 0 Å². The molecule has 0 bridgehead atoms. The molecule has 0 aliphatic carbocycles. The molecule has 1 N–H and O–H groups in total. The van der Waals surface area contributed by atoms with E-state index < -0.39 is 0 Å². The Morgan fingerprint density at radius 1 is 1.44 bits per heavy atom. The molecule has 0 aromatic heterocycles. The Labute approximate surface area is 96.9 Å². The molecule has 86 valence electrons. The summed E-state index contributed by atoms with van der Waals surface area (Å²) in [6.45, 7) is 6.22. The quantitative estimate of drug-likeness (QED) is 0.744. The van der Waals surface area contributed by atoms with Crippen LogP contribution < -0.4 is 4.74 Å². The summed E-state index contributed by atoms with van der Waals surface area (Å²) in [6, 6.07) is 7.78. The van der Waals surface area contributed by atoms with Crippen molar-refractivity contribution >= 4 is 6.08 Å². The summed E-state index contributed by atoms with van der Waals surface area (Å²) in [6.07, 6.45) is 4.53. The third kappa shape index (κ3) is 3.55. The van der Waals surface area contributed by atoms with E-state index in [1.165, 1.54) is 0 Å². The molecule has 0 heterocycles. The molecule has 2 nitrogen and oxygen atoms in total. The van der Waals surface area contributed by atoms with Crippen LogP contribution in [0.4, 0.5) is 0 Å². The lowest BCUT2D eigenvalue weighted by molar-refractivity contribution is 0.328. The fourth-order valence-corrected chi connectivity index (χ4v) is 1.36. The molecule has 0 amide bonds. The predicted molar refractivity (Wildman–Crippen MR) is 67.5 cm³/mol. The van der Waals surface area contributed by atoms with Crippen LogP contribution in [0, 0.1) is 0 Å². The van der Waals surface area contributed by atoms with Crippen molar-refractivity contribution in [3.8, 4) is 5.75 Å². The topological polar surface area (TPSA) is 29.5 Å². The lowest BCUT2D eigenvalue weighted by atomic mass is 10.1. The summed E-state index contributed by atoms with van der Waals surface area (Å²) >= 11 is 0. The van der Waals surface area contributed by atoms with Crippen molar-refractivity contribution in [3.63, 3.8) is 0 Å². The maximum atomic E-state index is 9.13. The number of hydrogen-bond donors (Lipinski definition) is 1. The van der Waals surface area contributed by atoms with Crippen LogP contribution in [0.15, 0.2) is 42.5 Å². The Kier molecular flexibility index (Phi) is 5.37. The van der Waals surface area contributed by atoms with Gasteiger partial charge in [0.1, 0.15) is 12.4 Å². The van der Waals surface area contributed by atoms with E-state index in [0.29, 0.717) is 6.61 Å². The van der Waals surface area contributed by atoms with Gasteiger partial charge in [0, 0.05) is 5.56 Å². The van der Waals surface area contributed by atoms with Gasteiger partial charge in [-0.25, -0.2) is 0 Å². The van der Waals surface area contributed by atoms with Crippen molar-refractivity contribution in [2.24, 2.45) is 0 Å². The summed E-state index contributed by atoms with van der Waals surface area (Å²) in [7, 11) is 0. The van der Waals surface area contributed by atoms with Gasteiger partial charge in [-0.3, -0.25) is 0 Å². The molecule has 0 fully saturated rings. The normalized spacial score (nSPS) is 11.2. The summed E-state index contributed by atoms with van der Waals surface area (Å²) in [5, 5.41) is 9.13. The molecule has 1 aromatic rings. The van der Waals surface area contributed by atoms with Crippen LogP contribution in [-0.4, -0.2) is 18.3 Å². The maximum absolute atomic E-state index is 9.13. The largest absolute Gasteiger partial charge is 0.489 e. The van der Waals surface area contributed by atoms with Gasteiger partial charge in [0.2, 0.25) is 0 Å². The lowest BCUT2D eigenvalue weighted by Crippen LogP contribution is -1.95. The minimum absolute atomic E-state index is 0.0896. The molecule has 16 heavy (non-hydrogen) atoms. The molecule has 0 unspecified atom stereocenters. The van der Waals surface area contributed by atoms with Gasteiger partial charge in [0.15, 0.2) is 0 Å². The van der Waals surface area contributed by atoms with Crippen LogP contribution in [0.25, 0.3) is 6.08 Å². The number of hydrogen-bond acceptors (Lipinski definition) is 2. The monoisotopic (exact) mass is 218 g/mol. The zero-order valence-corrected chi connectivity index (χ0v) is 9.65. The molecule has 1 rings (SSSR count). The first-order valence-electron chi connectivity index (χ1n) is 5.44. The molecule has 0 atom stereocenters. The second-order valence-electron chi connectivity index (χ2n) is 3.45. The van der Waals surface area contributed by atoms with E-state index in [0.717, 1.165) is 23.3 Å². The number of para-hydroxylation sites is 1. The zero-order chi connectivity index (χ0) is 11.8. The highest BCUT2D eigenvalue weighted by atomic mass is 16.5. The van der Waals surface area contributed by atoms with Crippen molar-refractivity contribution < 1.29 is 9.84 Å². The average molecular weight is 218 g/mol. The molecule has 0 saturated carbocycles. The van der Waals surface area contributed by atoms with E-state index >= 15 is 0 Å². The number of aliphatic hydroxyl groups is 1. The summed E-state index contributed by atoms with van der Waals surface area (Å²) in [5.41, 5.74) is 1.99. The minimum atomic E-state index is 0.0896. The second-order valence-corrected chi connectivity index (χ2v) is 3.45. The van der Waals surface area contributed by atoms with Crippen molar-refractivity contribution in [2.45, 2.75) is 13.3 Å². The van der Waals surface area contributed by atoms with E-state index in [1.807, 2.05) is 37.3 Å². The van der Waals surface area contributed by atoms with Gasteiger partial charge in [0.25, 0.3) is 0 Å². The van der Waals surface area contributed by atoms with Crippen LogP contribution in [0.3, 0.4) is 0 Å². The Bertz CT molecular complexity index is 361. The molecule has 0 saturated heterocycles. The second kappa shape index (κ2) is 6.85. The first-order chi connectivity index (χ1) is 7.81. The van der Waals surface area contributed by atoms with Gasteiger partial charge in [-0.15, -0.1) is 0 Å². The van der Waals surface area contributed by atoms with E-state index in [-0.39, 0.29) is 6.61 Å². The van der Waals surface area contributed by atoms with Crippen LogP contribution in [-0.2, 0) is 0 Å². The van der Waals surface area contributed by atoms with Crippen molar-refractivity contribution in [2.75, 3.05) is 13.2 Å². The van der Waals surface area contributed by atoms with Crippen LogP contribution in [0.2, 0.25) is 0 Å². The third-order valence-corrected chi connectivity index (χ3v) is 2.29. The summed E-state index contributed by atoms with van der Waals surface area (Å²) in [4.78, 5) is 0. The maximum Gasteiger partial charge on any atom is 0.126 e. The molecular formula is C14H18O2. The molecule has 0 radical (unpaired) electrons. The predicted octanol–water partition coefficient (Wildman–Crippen LogP) is 3.04. The lowest BCUT2D eigenvalue weighted by Gasteiger charge is -2.08. The molecular weight excluding hydrogens is 200 g/mol. The zero-order valence-electron chi connectivity index (χ0n) is 9.65. The first-order valence-corrected chi connectivity index (χ1v) is 5.44. The van der Waals surface area contributed by atoms with E-state index in [9.17, 15) is 0 Å².